The van der Waals surface area contributed by atoms with Gasteiger partial charge in [-0.1, -0.05) is 29.8 Å². The zero-order valence-electron chi connectivity index (χ0n) is 9.77. The number of halogens is 1. The van der Waals surface area contributed by atoms with Crippen molar-refractivity contribution in [2.45, 2.75) is 19.3 Å². The maximum atomic E-state index is 11.6. The first-order valence-electron chi connectivity index (χ1n) is 5.73. The Balaban J connectivity index is 1.77. The number of aryl methyl sites for hydroxylation is 1. The number of rotatable bonds is 5. The Morgan fingerprint density at radius 2 is 2.06 bits per heavy atom. The number of hydrogen-bond donors (Lipinski definition) is 0. The average Bonchev–Trinajstić information content (AvgIpc) is 2.85. The molecule has 0 atom stereocenters. The first-order valence-corrected chi connectivity index (χ1v) is 6.99. The molecular formula is C14H13ClO2S. The Hall–Kier alpha value is -1.32. The number of hydrogen-bond acceptors (Lipinski definition) is 3. The van der Waals surface area contributed by atoms with E-state index in [0.717, 1.165) is 12.8 Å². The Labute approximate surface area is 115 Å². The van der Waals surface area contributed by atoms with E-state index < -0.39 is 0 Å². The van der Waals surface area contributed by atoms with Crippen LogP contribution in [0.4, 0.5) is 0 Å². The summed E-state index contributed by atoms with van der Waals surface area (Å²) in [5, 5.41) is 2.50. The minimum absolute atomic E-state index is 0.236. The van der Waals surface area contributed by atoms with Gasteiger partial charge in [0.2, 0.25) is 0 Å². The SMILES string of the molecule is O=C(CCCc1cccs1)Oc1ccccc1Cl. The second kappa shape index (κ2) is 6.57. The summed E-state index contributed by atoms with van der Waals surface area (Å²) in [7, 11) is 0. The maximum Gasteiger partial charge on any atom is 0.311 e. The molecule has 0 aliphatic rings. The predicted octanol–water partition coefficient (Wildman–Crippen LogP) is 4.33. The lowest BCUT2D eigenvalue weighted by molar-refractivity contribution is -0.134. The second-order valence-electron chi connectivity index (χ2n) is 3.84. The third-order valence-electron chi connectivity index (χ3n) is 2.44. The van der Waals surface area contributed by atoms with Crippen LogP contribution in [0.3, 0.4) is 0 Å². The van der Waals surface area contributed by atoms with Gasteiger partial charge in [0.1, 0.15) is 5.75 Å². The lowest BCUT2D eigenvalue weighted by Crippen LogP contribution is -2.08. The summed E-state index contributed by atoms with van der Waals surface area (Å²) in [5.74, 6) is 0.194. The Morgan fingerprint density at radius 1 is 1.22 bits per heavy atom. The summed E-state index contributed by atoms with van der Waals surface area (Å²) in [5.41, 5.74) is 0. The molecule has 2 nitrogen and oxygen atoms in total. The van der Waals surface area contributed by atoms with Gasteiger partial charge in [-0.25, -0.2) is 0 Å². The Kier molecular flexibility index (Phi) is 4.79. The molecule has 18 heavy (non-hydrogen) atoms. The first kappa shape index (κ1) is 13.1. The molecule has 0 unspecified atom stereocenters. The molecule has 1 heterocycles. The molecule has 0 fully saturated rings. The van der Waals surface area contributed by atoms with Crippen LogP contribution in [0.15, 0.2) is 41.8 Å². The summed E-state index contributed by atoms with van der Waals surface area (Å²) >= 11 is 7.62. The third kappa shape index (κ3) is 3.86. The van der Waals surface area contributed by atoms with E-state index in [4.69, 9.17) is 16.3 Å². The summed E-state index contributed by atoms with van der Waals surface area (Å²) in [6.45, 7) is 0. The highest BCUT2D eigenvalue weighted by atomic mass is 35.5. The van der Waals surface area contributed by atoms with Crippen LogP contribution in [0.1, 0.15) is 17.7 Å². The maximum absolute atomic E-state index is 11.6. The number of carbonyl (C=O) groups is 1. The topological polar surface area (TPSA) is 26.3 Å². The number of benzene rings is 1. The fourth-order valence-corrected chi connectivity index (χ4v) is 2.49. The molecule has 0 spiro atoms. The lowest BCUT2D eigenvalue weighted by Gasteiger charge is -2.05. The van der Waals surface area contributed by atoms with E-state index in [2.05, 4.69) is 6.07 Å². The van der Waals surface area contributed by atoms with E-state index in [9.17, 15) is 4.79 Å². The predicted molar refractivity (Wildman–Crippen MR) is 74.3 cm³/mol. The normalized spacial score (nSPS) is 10.3. The molecule has 0 N–H and O–H groups in total. The third-order valence-corrected chi connectivity index (χ3v) is 3.69. The lowest BCUT2D eigenvalue weighted by atomic mass is 10.2. The van der Waals surface area contributed by atoms with Crippen molar-refractivity contribution >= 4 is 28.9 Å². The van der Waals surface area contributed by atoms with Gasteiger partial charge in [-0.3, -0.25) is 4.79 Å². The fraction of sp³-hybridized carbons (Fsp3) is 0.214. The van der Waals surface area contributed by atoms with Gasteiger partial charge in [-0.2, -0.15) is 0 Å². The smallest absolute Gasteiger partial charge is 0.311 e. The fourth-order valence-electron chi connectivity index (χ4n) is 1.56. The molecule has 2 rings (SSSR count). The average molecular weight is 281 g/mol. The van der Waals surface area contributed by atoms with Crippen molar-refractivity contribution in [2.75, 3.05) is 0 Å². The van der Waals surface area contributed by atoms with E-state index in [1.807, 2.05) is 11.4 Å². The van der Waals surface area contributed by atoms with Gasteiger partial charge in [0.05, 0.1) is 5.02 Å². The number of para-hydroxylation sites is 1. The molecule has 0 bridgehead atoms. The quantitative estimate of drug-likeness (QED) is 0.602. The highest BCUT2D eigenvalue weighted by Gasteiger charge is 2.07. The monoisotopic (exact) mass is 280 g/mol. The van der Waals surface area contributed by atoms with Crippen LogP contribution in [0.2, 0.25) is 5.02 Å². The minimum Gasteiger partial charge on any atom is -0.425 e. The van der Waals surface area contributed by atoms with Crippen LogP contribution in [0.5, 0.6) is 5.75 Å². The van der Waals surface area contributed by atoms with Gasteiger partial charge >= 0.3 is 5.97 Å². The van der Waals surface area contributed by atoms with Gasteiger partial charge in [0, 0.05) is 11.3 Å². The summed E-state index contributed by atoms with van der Waals surface area (Å²) < 4.78 is 5.20. The molecule has 1 aromatic carbocycles. The molecule has 0 radical (unpaired) electrons. The van der Waals surface area contributed by atoms with Crippen molar-refractivity contribution in [3.63, 3.8) is 0 Å². The largest absolute Gasteiger partial charge is 0.425 e. The van der Waals surface area contributed by atoms with Crippen LogP contribution in [-0.4, -0.2) is 5.97 Å². The minimum atomic E-state index is -0.236. The zero-order chi connectivity index (χ0) is 12.8. The Bertz CT molecular complexity index is 508. The molecule has 1 aromatic heterocycles. The number of ether oxygens (including phenoxy) is 1. The molecule has 4 heteroatoms. The summed E-state index contributed by atoms with van der Waals surface area (Å²) in [4.78, 5) is 12.9. The van der Waals surface area contributed by atoms with E-state index >= 15 is 0 Å². The van der Waals surface area contributed by atoms with Crippen LogP contribution in [0, 0.1) is 0 Å². The van der Waals surface area contributed by atoms with E-state index in [0.29, 0.717) is 17.2 Å². The van der Waals surface area contributed by atoms with Crippen LogP contribution < -0.4 is 4.74 Å². The molecule has 0 aliphatic carbocycles. The standard InChI is InChI=1S/C14H13ClO2S/c15-12-7-1-2-8-13(12)17-14(16)9-3-5-11-6-4-10-18-11/h1-2,4,6-8,10H,3,5,9H2. The van der Waals surface area contributed by atoms with Crippen molar-refractivity contribution < 1.29 is 9.53 Å². The van der Waals surface area contributed by atoms with Gasteiger partial charge < -0.3 is 4.74 Å². The molecule has 0 saturated heterocycles. The van der Waals surface area contributed by atoms with Crippen LogP contribution in [-0.2, 0) is 11.2 Å². The first-order chi connectivity index (χ1) is 8.75. The highest BCUT2D eigenvalue weighted by Crippen LogP contribution is 2.23. The summed E-state index contributed by atoms with van der Waals surface area (Å²) in [6, 6.07) is 11.1. The van der Waals surface area contributed by atoms with Crippen molar-refractivity contribution in [3.05, 3.63) is 51.7 Å². The molecular weight excluding hydrogens is 268 g/mol. The van der Waals surface area contributed by atoms with Crippen molar-refractivity contribution in [1.82, 2.24) is 0 Å². The van der Waals surface area contributed by atoms with Crippen molar-refractivity contribution in [1.29, 1.82) is 0 Å². The second-order valence-corrected chi connectivity index (χ2v) is 5.28. The molecule has 94 valence electrons. The summed E-state index contributed by atoms with van der Waals surface area (Å²) in [6.07, 6.45) is 2.11. The van der Waals surface area contributed by atoms with Gasteiger partial charge in [-0.15, -0.1) is 11.3 Å². The Morgan fingerprint density at radius 3 is 2.78 bits per heavy atom. The number of esters is 1. The van der Waals surface area contributed by atoms with Gasteiger partial charge in [0.25, 0.3) is 0 Å². The van der Waals surface area contributed by atoms with Gasteiger partial charge in [-0.05, 0) is 36.4 Å². The van der Waals surface area contributed by atoms with E-state index in [-0.39, 0.29) is 5.97 Å². The van der Waals surface area contributed by atoms with Crippen LogP contribution >= 0.6 is 22.9 Å². The van der Waals surface area contributed by atoms with E-state index in [1.165, 1.54) is 4.88 Å². The number of thiophene rings is 1. The van der Waals surface area contributed by atoms with Gasteiger partial charge in [0.15, 0.2) is 0 Å². The number of carbonyl (C=O) groups excluding carboxylic acids is 1. The zero-order valence-corrected chi connectivity index (χ0v) is 11.3. The highest BCUT2D eigenvalue weighted by molar-refractivity contribution is 7.09. The van der Waals surface area contributed by atoms with Crippen LogP contribution in [0.25, 0.3) is 0 Å². The molecule has 2 aromatic rings. The molecule has 0 amide bonds. The van der Waals surface area contributed by atoms with Crippen molar-refractivity contribution in [2.24, 2.45) is 0 Å². The van der Waals surface area contributed by atoms with Crippen molar-refractivity contribution in [3.8, 4) is 5.75 Å². The molecule has 0 saturated carbocycles. The van der Waals surface area contributed by atoms with E-state index in [1.54, 1.807) is 35.6 Å². The molecule has 0 aliphatic heterocycles.